The molecule has 31 heavy (non-hydrogen) atoms. The van der Waals surface area contributed by atoms with Gasteiger partial charge in [-0.25, -0.2) is 4.79 Å². The number of carbonyl (C=O) groups is 3. The van der Waals surface area contributed by atoms with Gasteiger partial charge in [-0.3, -0.25) is 9.59 Å². The van der Waals surface area contributed by atoms with Crippen molar-refractivity contribution in [2.24, 2.45) is 0 Å². The molecule has 0 saturated heterocycles. The van der Waals surface area contributed by atoms with E-state index in [0.717, 1.165) is 5.56 Å². The minimum absolute atomic E-state index is 0.245. The molecule has 158 valence electrons. The van der Waals surface area contributed by atoms with E-state index in [4.69, 9.17) is 9.47 Å². The van der Waals surface area contributed by atoms with Gasteiger partial charge in [-0.2, -0.15) is 0 Å². The maximum absolute atomic E-state index is 12.7. The van der Waals surface area contributed by atoms with Crippen molar-refractivity contribution >= 4 is 17.7 Å². The van der Waals surface area contributed by atoms with E-state index in [1.165, 1.54) is 7.11 Å². The van der Waals surface area contributed by atoms with E-state index in [-0.39, 0.29) is 18.1 Å². The average molecular weight is 417 g/mol. The van der Waals surface area contributed by atoms with Crippen LogP contribution in [0.2, 0.25) is 0 Å². The van der Waals surface area contributed by atoms with Crippen LogP contribution < -0.4 is 10.1 Å². The maximum Gasteiger partial charge on any atom is 0.329 e. The summed E-state index contributed by atoms with van der Waals surface area (Å²) < 4.78 is 10.3. The lowest BCUT2D eigenvalue weighted by atomic mass is 10.1. The molecule has 0 aliphatic rings. The summed E-state index contributed by atoms with van der Waals surface area (Å²) in [5.74, 6) is -0.779. The van der Waals surface area contributed by atoms with Crippen molar-refractivity contribution in [3.8, 4) is 5.75 Å². The number of ketones is 1. The molecule has 0 aliphatic carbocycles. The molecule has 1 unspecified atom stereocenters. The van der Waals surface area contributed by atoms with Crippen molar-refractivity contribution < 1.29 is 23.9 Å². The Morgan fingerprint density at radius 3 is 2.03 bits per heavy atom. The molecule has 1 N–H and O–H groups in total. The van der Waals surface area contributed by atoms with Crippen LogP contribution in [0.1, 0.15) is 26.3 Å². The zero-order chi connectivity index (χ0) is 22.1. The molecule has 3 aromatic rings. The Bertz CT molecular complexity index is 1020. The zero-order valence-corrected chi connectivity index (χ0v) is 17.1. The van der Waals surface area contributed by atoms with E-state index in [1.807, 2.05) is 30.3 Å². The number of carbonyl (C=O) groups excluding carboxylic acids is 3. The summed E-state index contributed by atoms with van der Waals surface area (Å²) in [4.78, 5) is 37.7. The minimum Gasteiger partial charge on any atom is -0.497 e. The van der Waals surface area contributed by atoms with Gasteiger partial charge in [0.15, 0.2) is 12.4 Å². The standard InChI is InChI=1S/C25H23NO5/c1-30-21-14-12-19(13-15-21)23(27)17-31-25(29)22(16-18-8-4-2-5-9-18)26-24(28)20-10-6-3-7-11-20/h2-15,22H,16-17H2,1H3,(H,26,28). The van der Waals surface area contributed by atoms with Crippen LogP contribution in [0.15, 0.2) is 84.9 Å². The fourth-order valence-electron chi connectivity index (χ4n) is 2.97. The summed E-state index contributed by atoms with van der Waals surface area (Å²) in [6.07, 6.45) is 0.245. The molecule has 1 atom stereocenters. The lowest BCUT2D eigenvalue weighted by molar-refractivity contribution is -0.144. The third-order valence-electron chi connectivity index (χ3n) is 4.67. The first-order chi connectivity index (χ1) is 15.1. The topological polar surface area (TPSA) is 81.7 Å². The second-order valence-electron chi connectivity index (χ2n) is 6.84. The van der Waals surface area contributed by atoms with E-state index < -0.39 is 18.6 Å². The van der Waals surface area contributed by atoms with Gasteiger partial charge < -0.3 is 14.8 Å². The van der Waals surface area contributed by atoms with Crippen LogP contribution >= 0.6 is 0 Å². The quantitative estimate of drug-likeness (QED) is 0.426. The molecule has 0 heterocycles. The van der Waals surface area contributed by atoms with Gasteiger partial charge in [-0.05, 0) is 42.0 Å². The smallest absolute Gasteiger partial charge is 0.329 e. The Labute approximate surface area is 180 Å². The van der Waals surface area contributed by atoms with Gasteiger partial charge >= 0.3 is 5.97 Å². The molecule has 0 radical (unpaired) electrons. The SMILES string of the molecule is COc1ccc(C(=O)COC(=O)C(Cc2ccccc2)NC(=O)c2ccccc2)cc1. The summed E-state index contributed by atoms with van der Waals surface area (Å²) in [6, 6.07) is 23.5. The third-order valence-corrected chi connectivity index (χ3v) is 4.67. The Morgan fingerprint density at radius 1 is 0.806 bits per heavy atom. The molecule has 0 aliphatic heterocycles. The normalized spacial score (nSPS) is 11.3. The first-order valence-electron chi connectivity index (χ1n) is 9.80. The molecule has 0 bridgehead atoms. The molecular weight excluding hydrogens is 394 g/mol. The van der Waals surface area contributed by atoms with Gasteiger partial charge in [0.1, 0.15) is 11.8 Å². The largest absolute Gasteiger partial charge is 0.497 e. The number of esters is 1. The molecule has 3 rings (SSSR count). The lowest BCUT2D eigenvalue weighted by Gasteiger charge is -2.18. The van der Waals surface area contributed by atoms with E-state index >= 15 is 0 Å². The highest BCUT2D eigenvalue weighted by Gasteiger charge is 2.24. The Morgan fingerprint density at radius 2 is 1.42 bits per heavy atom. The fraction of sp³-hybridized carbons (Fsp3) is 0.160. The number of nitrogens with one attached hydrogen (secondary N) is 1. The van der Waals surface area contributed by atoms with Gasteiger partial charge in [0.2, 0.25) is 0 Å². The molecule has 0 saturated carbocycles. The molecular formula is C25H23NO5. The van der Waals surface area contributed by atoms with Crippen molar-refractivity contribution in [2.75, 3.05) is 13.7 Å². The van der Waals surface area contributed by atoms with Crippen molar-refractivity contribution in [3.05, 3.63) is 102 Å². The van der Waals surface area contributed by atoms with Gasteiger partial charge in [-0.1, -0.05) is 48.5 Å². The lowest BCUT2D eigenvalue weighted by Crippen LogP contribution is -2.43. The highest BCUT2D eigenvalue weighted by molar-refractivity contribution is 5.99. The Hall–Kier alpha value is -3.93. The number of ether oxygens (including phenoxy) is 2. The highest BCUT2D eigenvalue weighted by Crippen LogP contribution is 2.12. The Balaban J connectivity index is 1.67. The van der Waals surface area contributed by atoms with Crippen LogP contribution in [0.3, 0.4) is 0 Å². The zero-order valence-electron chi connectivity index (χ0n) is 17.1. The highest BCUT2D eigenvalue weighted by atomic mass is 16.5. The molecule has 0 spiro atoms. The van der Waals surface area contributed by atoms with Gasteiger partial charge in [0.25, 0.3) is 5.91 Å². The van der Waals surface area contributed by atoms with Crippen LogP contribution in [0.4, 0.5) is 0 Å². The van der Waals surface area contributed by atoms with E-state index in [1.54, 1.807) is 54.6 Å². The van der Waals surface area contributed by atoms with Crippen molar-refractivity contribution in [2.45, 2.75) is 12.5 Å². The fourth-order valence-corrected chi connectivity index (χ4v) is 2.97. The van der Waals surface area contributed by atoms with Gasteiger partial charge in [-0.15, -0.1) is 0 Å². The van der Waals surface area contributed by atoms with E-state index in [0.29, 0.717) is 16.9 Å². The van der Waals surface area contributed by atoms with Crippen molar-refractivity contribution in [1.29, 1.82) is 0 Å². The summed E-state index contributed by atoms with van der Waals surface area (Å²) >= 11 is 0. The summed E-state index contributed by atoms with van der Waals surface area (Å²) in [7, 11) is 1.54. The first kappa shape index (κ1) is 21.8. The number of hydrogen-bond acceptors (Lipinski definition) is 5. The predicted octanol–water partition coefficient (Wildman–Crippen LogP) is 3.46. The second-order valence-corrected chi connectivity index (χ2v) is 6.84. The molecule has 6 heteroatoms. The third kappa shape index (κ3) is 6.27. The van der Waals surface area contributed by atoms with Crippen LogP contribution in [-0.4, -0.2) is 37.4 Å². The Kier molecular flexibility index (Phi) is 7.54. The molecule has 1 amide bonds. The number of hydrogen-bond donors (Lipinski definition) is 1. The van der Waals surface area contributed by atoms with Gasteiger partial charge in [0.05, 0.1) is 7.11 Å². The second kappa shape index (κ2) is 10.7. The summed E-state index contributed by atoms with van der Waals surface area (Å²) in [5, 5.41) is 2.72. The molecule has 0 fully saturated rings. The monoisotopic (exact) mass is 417 g/mol. The summed E-state index contributed by atoms with van der Waals surface area (Å²) in [6.45, 7) is -0.419. The number of rotatable bonds is 9. The average Bonchev–Trinajstić information content (AvgIpc) is 2.83. The van der Waals surface area contributed by atoms with Crippen LogP contribution in [-0.2, 0) is 16.0 Å². The number of benzene rings is 3. The number of Topliss-reactive ketones (excluding diaryl/α,β-unsaturated/α-hetero) is 1. The molecule has 0 aromatic heterocycles. The summed E-state index contributed by atoms with van der Waals surface area (Å²) in [5.41, 5.74) is 1.70. The van der Waals surface area contributed by atoms with Crippen molar-refractivity contribution in [3.63, 3.8) is 0 Å². The van der Waals surface area contributed by atoms with Crippen LogP contribution in [0.5, 0.6) is 5.75 Å². The number of amides is 1. The van der Waals surface area contributed by atoms with Crippen LogP contribution in [0, 0.1) is 0 Å². The number of methoxy groups -OCH3 is 1. The molecule has 3 aromatic carbocycles. The first-order valence-corrected chi connectivity index (χ1v) is 9.80. The maximum atomic E-state index is 12.7. The molecule has 6 nitrogen and oxygen atoms in total. The van der Waals surface area contributed by atoms with Crippen molar-refractivity contribution in [1.82, 2.24) is 5.32 Å². The van der Waals surface area contributed by atoms with Gasteiger partial charge in [0, 0.05) is 17.5 Å². The van der Waals surface area contributed by atoms with Crippen LogP contribution in [0.25, 0.3) is 0 Å². The predicted molar refractivity (Wildman–Crippen MR) is 116 cm³/mol. The van der Waals surface area contributed by atoms with E-state index in [9.17, 15) is 14.4 Å². The minimum atomic E-state index is -0.932. The van der Waals surface area contributed by atoms with E-state index in [2.05, 4.69) is 5.32 Å².